The normalized spacial score (nSPS) is 11.4. The highest BCUT2D eigenvalue weighted by Gasteiger charge is 2.27. The number of carbonyl (C=O) groups excluding carboxylic acids is 1. The highest BCUT2D eigenvalue weighted by Crippen LogP contribution is 2.14. The molecule has 0 aliphatic carbocycles. The molecule has 0 saturated carbocycles. The minimum atomic E-state index is -4.40. The van der Waals surface area contributed by atoms with Gasteiger partial charge in [0.1, 0.15) is 12.4 Å². The van der Waals surface area contributed by atoms with Gasteiger partial charge < -0.3 is 10.1 Å². The van der Waals surface area contributed by atoms with E-state index in [2.05, 4.69) is 10.1 Å². The van der Waals surface area contributed by atoms with E-state index in [0.717, 1.165) is 0 Å². The number of hydrogen-bond acceptors (Lipinski definition) is 2. The number of aryl methyl sites for hydroxylation is 1. The Kier molecular flexibility index (Phi) is 5.29. The minimum absolute atomic E-state index is 0.123. The Morgan fingerprint density at radius 2 is 2.05 bits per heavy atom. The van der Waals surface area contributed by atoms with Crippen LogP contribution in [0.25, 0.3) is 0 Å². The summed E-state index contributed by atoms with van der Waals surface area (Å²) in [5, 5.41) is 2.28. The molecule has 0 aromatic heterocycles. The standard InChI is InChI=1S/C12H13F4NO2/c1-8-3-2-4-9(10(8)13)11(18)17-5-6-19-7-12(14,15)16/h2-4H,5-7H2,1H3,(H,17,18). The molecular weight excluding hydrogens is 266 g/mol. The van der Waals surface area contributed by atoms with Crippen molar-refractivity contribution in [2.75, 3.05) is 19.8 Å². The molecular formula is C12H13F4NO2. The third-order valence-corrected chi connectivity index (χ3v) is 2.23. The van der Waals surface area contributed by atoms with Crippen molar-refractivity contribution in [3.8, 4) is 0 Å². The van der Waals surface area contributed by atoms with Crippen LogP contribution in [0.3, 0.4) is 0 Å². The lowest BCUT2D eigenvalue weighted by Crippen LogP contribution is -2.29. The summed E-state index contributed by atoms with van der Waals surface area (Å²) >= 11 is 0. The van der Waals surface area contributed by atoms with Crippen LogP contribution in [0.2, 0.25) is 0 Å². The second kappa shape index (κ2) is 6.51. The monoisotopic (exact) mass is 279 g/mol. The van der Waals surface area contributed by atoms with Gasteiger partial charge in [0, 0.05) is 6.54 Å². The van der Waals surface area contributed by atoms with Gasteiger partial charge in [0.25, 0.3) is 5.91 Å². The molecule has 0 fully saturated rings. The van der Waals surface area contributed by atoms with Gasteiger partial charge in [-0.1, -0.05) is 12.1 Å². The molecule has 7 heteroatoms. The highest BCUT2D eigenvalue weighted by atomic mass is 19.4. The summed E-state index contributed by atoms with van der Waals surface area (Å²) in [7, 11) is 0. The molecule has 0 unspecified atom stereocenters. The molecule has 1 N–H and O–H groups in total. The third-order valence-electron chi connectivity index (χ3n) is 2.23. The Hall–Kier alpha value is -1.63. The Balaban J connectivity index is 2.38. The largest absolute Gasteiger partial charge is 0.411 e. The molecule has 1 amide bonds. The first-order chi connectivity index (χ1) is 8.81. The third kappa shape index (κ3) is 5.25. The van der Waals surface area contributed by atoms with Gasteiger partial charge in [0.05, 0.1) is 12.2 Å². The first-order valence-electron chi connectivity index (χ1n) is 5.49. The topological polar surface area (TPSA) is 38.3 Å². The van der Waals surface area contributed by atoms with E-state index in [4.69, 9.17) is 0 Å². The van der Waals surface area contributed by atoms with Crippen molar-refractivity contribution in [3.63, 3.8) is 0 Å². The second-order valence-electron chi connectivity index (χ2n) is 3.86. The van der Waals surface area contributed by atoms with Crippen molar-refractivity contribution in [2.24, 2.45) is 0 Å². The van der Waals surface area contributed by atoms with Crippen LogP contribution in [-0.2, 0) is 4.74 Å². The molecule has 19 heavy (non-hydrogen) atoms. The fourth-order valence-electron chi connectivity index (χ4n) is 1.34. The van der Waals surface area contributed by atoms with Crippen LogP contribution in [0.1, 0.15) is 15.9 Å². The number of amides is 1. The average molecular weight is 279 g/mol. The van der Waals surface area contributed by atoms with E-state index in [1.165, 1.54) is 25.1 Å². The first kappa shape index (κ1) is 15.4. The van der Waals surface area contributed by atoms with Gasteiger partial charge in [-0.2, -0.15) is 13.2 Å². The number of rotatable bonds is 5. The molecule has 3 nitrogen and oxygen atoms in total. The molecule has 0 spiro atoms. The second-order valence-corrected chi connectivity index (χ2v) is 3.86. The van der Waals surface area contributed by atoms with Crippen molar-refractivity contribution < 1.29 is 27.1 Å². The van der Waals surface area contributed by atoms with Crippen molar-refractivity contribution in [1.29, 1.82) is 0 Å². The Morgan fingerprint density at radius 3 is 2.68 bits per heavy atom. The number of nitrogens with one attached hydrogen (secondary N) is 1. The Bertz CT molecular complexity index is 446. The zero-order valence-corrected chi connectivity index (χ0v) is 10.2. The summed E-state index contributed by atoms with van der Waals surface area (Å²) in [5.41, 5.74) is 0.178. The maximum Gasteiger partial charge on any atom is 0.411 e. The fourth-order valence-corrected chi connectivity index (χ4v) is 1.34. The Morgan fingerprint density at radius 1 is 1.37 bits per heavy atom. The predicted octanol–water partition coefficient (Wildman–Crippen LogP) is 2.44. The molecule has 1 aromatic carbocycles. The van der Waals surface area contributed by atoms with Crippen molar-refractivity contribution >= 4 is 5.91 Å². The molecule has 1 aromatic rings. The summed E-state index contributed by atoms with van der Waals surface area (Å²) in [6.45, 7) is -0.277. The fraction of sp³-hybridized carbons (Fsp3) is 0.417. The molecule has 0 saturated heterocycles. The van der Waals surface area contributed by atoms with E-state index >= 15 is 0 Å². The van der Waals surface area contributed by atoms with E-state index in [1.807, 2.05) is 0 Å². The van der Waals surface area contributed by atoms with Crippen LogP contribution in [0.15, 0.2) is 18.2 Å². The van der Waals surface area contributed by atoms with Crippen LogP contribution in [0.4, 0.5) is 17.6 Å². The number of ether oxygens (including phenoxy) is 1. The lowest BCUT2D eigenvalue weighted by Gasteiger charge is -2.09. The van der Waals surface area contributed by atoms with Crippen LogP contribution < -0.4 is 5.32 Å². The molecule has 0 bridgehead atoms. The van der Waals surface area contributed by atoms with Crippen molar-refractivity contribution in [2.45, 2.75) is 13.1 Å². The number of benzene rings is 1. The predicted molar refractivity (Wildman–Crippen MR) is 60.3 cm³/mol. The van der Waals surface area contributed by atoms with Crippen molar-refractivity contribution in [3.05, 3.63) is 35.1 Å². The number of hydrogen-bond donors (Lipinski definition) is 1. The SMILES string of the molecule is Cc1cccc(C(=O)NCCOCC(F)(F)F)c1F. The van der Waals surface area contributed by atoms with E-state index in [0.29, 0.717) is 5.56 Å². The van der Waals surface area contributed by atoms with E-state index in [-0.39, 0.29) is 18.7 Å². The summed E-state index contributed by atoms with van der Waals surface area (Å²) in [5.74, 6) is -1.33. The lowest BCUT2D eigenvalue weighted by molar-refractivity contribution is -0.173. The Labute approximate surface area is 107 Å². The summed E-state index contributed by atoms with van der Waals surface area (Å²) in [6.07, 6.45) is -4.40. The molecule has 0 aliphatic heterocycles. The van der Waals surface area contributed by atoms with Gasteiger partial charge in [-0.25, -0.2) is 4.39 Å². The lowest BCUT2D eigenvalue weighted by atomic mass is 10.1. The van der Waals surface area contributed by atoms with Crippen LogP contribution in [-0.4, -0.2) is 31.8 Å². The summed E-state index contributed by atoms with van der Waals surface area (Å²) in [6, 6.07) is 4.33. The van der Waals surface area contributed by atoms with Gasteiger partial charge in [-0.3, -0.25) is 4.79 Å². The van der Waals surface area contributed by atoms with Crippen LogP contribution >= 0.6 is 0 Å². The number of carbonyl (C=O) groups is 1. The minimum Gasteiger partial charge on any atom is -0.370 e. The summed E-state index contributed by atoms with van der Waals surface area (Å²) < 4.78 is 53.1. The van der Waals surface area contributed by atoms with Gasteiger partial charge >= 0.3 is 6.18 Å². The summed E-state index contributed by atoms with van der Waals surface area (Å²) in [4.78, 5) is 11.5. The molecule has 0 radical (unpaired) electrons. The quantitative estimate of drug-likeness (QED) is 0.664. The zero-order chi connectivity index (χ0) is 14.5. The van der Waals surface area contributed by atoms with Gasteiger partial charge in [0.15, 0.2) is 0 Å². The first-order valence-corrected chi connectivity index (χ1v) is 5.49. The van der Waals surface area contributed by atoms with Gasteiger partial charge in [-0.15, -0.1) is 0 Å². The maximum atomic E-state index is 13.5. The smallest absolute Gasteiger partial charge is 0.370 e. The van der Waals surface area contributed by atoms with Gasteiger partial charge in [-0.05, 0) is 18.6 Å². The maximum absolute atomic E-state index is 13.5. The molecule has 0 heterocycles. The number of alkyl halides is 3. The average Bonchev–Trinajstić information content (AvgIpc) is 2.30. The molecule has 0 aliphatic rings. The molecule has 106 valence electrons. The van der Waals surface area contributed by atoms with E-state index in [9.17, 15) is 22.4 Å². The van der Waals surface area contributed by atoms with Gasteiger partial charge in [0.2, 0.25) is 0 Å². The molecule has 0 atom stereocenters. The molecule has 1 rings (SSSR count). The van der Waals surface area contributed by atoms with Crippen LogP contribution in [0.5, 0.6) is 0 Å². The highest BCUT2D eigenvalue weighted by molar-refractivity contribution is 5.94. The zero-order valence-electron chi connectivity index (χ0n) is 10.2. The number of halogens is 4. The van der Waals surface area contributed by atoms with Crippen molar-refractivity contribution in [1.82, 2.24) is 5.32 Å². The van der Waals surface area contributed by atoms with E-state index in [1.54, 1.807) is 0 Å². The van der Waals surface area contributed by atoms with Crippen LogP contribution in [0, 0.1) is 12.7 Å². The van der Waals surface area contributed by atoms with E-state index < -0.39 is 24.5 Å².